The number of pyridine rings is 1. The number of alkyl halides is 2. The van der Waals surface area contributed by atoms with Gasteiger partial charge in [0, 0.05) is 38.1 Å². The number of likely N-dealkylation sites (N-methyl/N-ethyl adjacent to an activating group) is 1. The lowest BCUT2D eigenvalue weighted by Gasteiger charge is -2.37. The Morgan fingerprint density at radius 1 is 1.18 bits per heavy atom. The number of nitrogens with zero attached hydrogens (tertiary/aromatic N) is 6. The monoisotopic (exact) mass is 494 g/mol. The van der Waals surface area contributed by atoms with Crippen molar-refractivity contribution in [1.82, 2.24) is 25.0 Å². The maximum atomic E-state index is 13.8. The molecular weight excluding hydrogens is 473 g/mol. The molecule has 34 heavy (non-hydrogen) atoms. The standard InChI is InChI=1S/C22H22ClF3N6O2/c1-2-30-7-9-31(10-8-30)22(33)32(16-5-6-18(24)17(23)11-16)13-15-4-3-14(12-27-15)20-28-29-21(34-20)19(25)26/h3-6,11-12,19H,2,7-10,13H2,1H3. The van der Waals surface area contributed by atoms with Crippen molar-refractivity contribution in [2.24, 2.45) is 0 Å². The largest absolute Gasteiger partial charge is 0.415 e. The smallest absolute Gasteiger partial charge is 0.324 e. The number of hydrogen-bond acceptors (Lipinski definition) is 6. The maximum Gasteiger partial charge on any atom is 0.324 e. The highest BCUT2D eigenvalue weighted by Gasteiger charge is 2.27. The molecule has 3 heterocycles. The first-order valence-electron chi connectivity index (χ1n) is 10.7. The van der Waals surface area contributed by atoms with Crippen LogP contribution in [0, 0.1) is 5.82 Å². The van der Waals surface area contributed by atoms with Crippen LogP contribution in [-0.4, -0.2) is 63.7 Å². The van der Waals surface area contributed by atoms with Gasteiger partial charge in [0.1, 0.15) is 5.82 Å². The van der Waals surface area contributed by atoms with Crippen molar-refractivity contribution in [3.05, 3.63) is 59.0 Å². The number of aromatic nitrogens is 3. The van der Waals surface area contributed by atoms with E-state index in [1.165, 1.54) is 29.3 Å². The lowest BCUT2D eigenvalue weighted by Crippen LogP contribution is -2.52. The van der Waals surface area contributed by atoms with Crippen molar-refractivity contribution in [3.8, 4) is 11.5 Å². The Kier molecular flexibility index (Phi) is 7.32. The summed E-state index contributed by atoms with van der Waals surface area (Å²) in [5.74, 6) is -1.44. The van der Waals surface area contributed by atoms with Gasteiger partial charge in [-0.15, -0.1) is 10.2 Å². The fourth-order valence-corrected chi connectivity index (χ4v) is 3.77. The highest BCUT2D eigenvalue weighted by Crippen LogP contribution is 2.26. The topological polar surface area (TPSA) is 78.6 Å². The Morgan fingerprint density at radius 3 is 2.53 bits per heavy atom. The Morgan fingerprint density at radius 2 is 1.94 bits per heavy atom. The molecule has 12 heteroatoms. The SMILES string of the molecule is CCN1CCN(C(=O)N(Cc2ccc(-c3nnc(C(F)F)o3)cn2)c2ccc(F)c(Cl)c2)CC1. The van der Waals surface area contributed by atoms with Gasteiger partial charge in [-0.1, -0.05) is 18.5 Å². The number of carbonyl (C=O) groups is 1. The van der Waals surface area contributed by atoms with Crippen molar-refractivity contribution in [2.45, 2.75) is 19.9 Å². The Balaban J connectivity index is 1.56. The molecule has 2 amide bonds. The number of amides is 2. The molecule has 0 N–H and O–H groups in total. The van der Waals surface area contributed by atoms with Crippen molar-refractivity contribution in [3.63, 3.8) is 0 Å². The van der Waals surface area contributed by atoms with Crippen molar-refractivity contribution in [1.29, 1.82) is 0 Å². The van der Waals surface area contributed by atoms with Gasteiger partial charge in [-0.3, -0.25) is 9.88 Å². The minimum atomic E-state index is -2.87. The van der Waals surface area contributed by atoms with Crippen LogP contribution in [0.3, 0.4) is 0 Å². The zero-order valence-corrected chi connectivity index (χ0v) is 19.1. The molecule has 0 bridgehead atoms. The minimum absolute atomic E-state index is 0.0820. The van der Waals surface area contributed by atoms with E-state index in [2.05, 4.69) is 27.0 Å². The third-order valence-corrected chi connectivity index (χ3v) is 5.84. The van der Waals surface area contributed by atoms with Gasteiger partial charge < -0.3 is 14.2 Å². The normalized spacial score (nSPS) is 14.6. The number of carbonyl (C=O) groups excluding carboxylic acids is 1. The van der Waals surface area contributed by atoms with Crippen LogP contribution >= 0.6 is 11.6 Å². The van der Waals surface area contributed by atoms with Crippen LogP contribution in [0.2, 0.25) is 5.02 Å². The van der Waals surface area contributed by atoms with Crippen LogP contribution in [0.15, 0.2) is 40.9 Å². The molecule has 1 aliphatic heterocycles. The van der Waals surface area contributed by atoms with E-state index in [1.807, 2.05) is 0 Å². The van der Waals surface area contributed by atoms with Crippen LogP contribution in [0.4, 0.5) is 23.7 Å². The Labute approximate surface area is 198 Å². The molecule has 0 radical (unpaired) electrons. The third-order valence-electron chi connectivity index (χ3n) is 5.55. The number of benzene rings is 1. The summed E-state index contributed by atoms with van der Waals surface area (Å²) in [4.78, 5) is 23.2. The van der Waals surface area contributed by atoms with Gasteiger partial charge in [0.05, 0.1) is 22.8 Å². The predicted molar refractivity (Wildman–Crippen MR) is 119 cm³/mol. The molecule has 180 valence electrons. The fourth-order valence-electron chi connectivity index (χ4n) is 3.59. The second-order valence-electron chi connectivity index (χ2n) is 7.67. The van der Waals surface area contributed by atoms with Crippen molar-refractivity contribution < 1.29 is 22.4 Å². The van der Waals surface area contributed by atoms with Crippen LogP contribution in [0.25, 0.3) is 11.5 Å². The van der Waals surface area contributed by atoms with Gasteiger partial charge in [-0.2, -0.15) is 8.78 Å². The molecule has 0 aliphatic carbocycles. The summed E-state index contributed by atoms with van der Waals surface area (Å²) in [5.41, 5.74) is 1.30. The summed E-state index contributed by atoms with van der Waals surface area (Å²) in [7, 11) is 0. The molecule has 0 atom stereocenters. The molecule has 1 aliphatic rings. The maximum absolute atomic E-state index is 13.8. The van der Waals surface area contributed by atoms with Crippen LogP contribution in [0.5, 0.6) is 0 Å². The first-order valence-corrected chi connectivity index (χ1v) is 11.0. The highest BCUT2D eigenvalue weighted by atomic mass is 35.5. The number of rotatable bonds is 6. The summed E-state index contributed by atoms with van der Waals surface area (Å²) in [6.07, 6.45) is -1.46. The third kappa shape index (κ3) is 5.31. The molecule has 1 aromatic carbocycles. The van der Waals surface area contributed by atoms with E-state index < -0.39 is 18.1 Å². The van der Waals surface area contributed by atoms with Crippen molar-refractivity contribution in [2.75, 3.05) is 37.6 Å². The zero-order chi connectivity index (χ0) is 24.2. The molecule has 1 saturated heterocycles. The summed E-state index contributed by atoms with van der Waals surface area (Å²) < 4.78 is 44.1. The average molecular weight is 495 g/mol. The van der Waals surface area contributed by atoms with E-state index in [-0.39, 0.29) is 23.5 Å². The number of hydrogen-bond donors (Lipinski definition) is 0. The van der Waals surface area contributed by atoms with Gasteiger partial charge in [-0.05, 0) is 36.9 Å². The Hall–Kier alpha value is -3.18. The summed E-state index contributed by atoms with van der Waals surface area (Å²) in [5, 5.41) is 6.81. The van der Waals surface area contributed by atoms with E-state index in [4.69, 9.17) is 16.0 Å². The minimum Gasteiger partial charge on any atom is -0.415 e. The van der Waals surface area contributed by atoms with Crippen LogP contribution < -0.4 is 4.90 Å². The number of halogens is 4. The van der Waals surface area contributed by atoms with E-state index in [0.29, 0.717) is 30.0 Å². The van der Waals surface area contributed by atoms with Crippen LogP contribution in [-0.2, 0) is 6.54 Å². The predicted octanol–water partition coefficient (Wildman–Crippen LogP) is 4.63. The average Bonchev–Trinajstić information content (AvgIpc) is 3.35. The summed E-state index contributed by atoms with van der Waals surface area (Å²) in [6.45, 7) is 5.72. The number of piperazine rings is 1. The van der Waals surface area contributed by atoms with Gasteiger partial charge in [0.25, 0.3) is 5.89 Å². The van der Waals surface area contributed by atoms with Gasteiger partial charge in [-0.25, -0.2) is 9.18 Å². The Bertz CT molecular complexity index is 1140. The lowest BCUT2D eigenvalue weighted by molar-refractivity contribution is 0.116. The summed E-state index contributed by atoms with van der Waals surface area (Å²) in [6, 6.07) is 7.06. The van der Waals surface area contributed by atoms with E-state index in [0.717, 1.165) is 19.6 Å². The van der Waals surface area contributed by atoms with Gasteiger partial charge in [0.2, 0.25) is 5.89 Å². The zero-order valence-electron chi connectivity index (χ0n) is 18.3. The molecule has 0 saturated carbocycles. The lowest BCUT2D eigenvalue weighted by atomic mass is 10.2. The van der Waals surface area contributed by atoms with Crippen LogP contribution in [0.1, 0.15) is 24.9 Å². The number of urea groups is 1. The quantitative estimate of drug-likeness (QED) is 0.497. The number of anilines is 1. The van der Waals surface area contributed by atoms with E-state index in [9.17, 15) is 18.0 Å². The first-order chi connectivity index (χ1) is 16.4. The molecule has 2 aromatic heterocycles. The molecule has 0 spiro atoms. The molecule has 3 aromatic rings. The molecule has 0 unspecified atom stereocenters. The van der Waals surface area contributed by atoms with Gasteiger partial charge >= 0.3 is 12.5 Å². The second kappa shape index (κ2) is 10.4. The van der Waals surface area contributed by atoms with E-state index in [1.54, 1.807) is 17.0 Å². The first kappa shape index (κ1) is 24.0. The fraction of sp³-hybridized carbons (Fsp3) is 0.364. The second-order valence-corrected chi connectivity index (χ2v) is 8.08. The summed E-state index contributed by atoms with van der Waals surface area (Å²) >= 11 is 5.98. The van der Waals surface area contributed by atoms with Gasteiger partial charge in [0.15, 0.2) is 0 Å². The van der Waals surface area contributed by atoms with E-state index >= 15 is 0 Å². The highest BCUT2D eigenvalue weighted by molar-refractivity contribution is 6.31. The molecule has 8 nitrogen and oxygen atoms in total. The molecule has 4 rings (SSSR count). The van der Waals surface area contributed by atoms with Crippen molar-refractivity contribution >= 4 is 23.3 Å². The molecule has 1 fully saturated rings. The molecular formula is C22H22ClF3N6O2.